The number of rotatable bonds is 7. The van der Waals surface area contributed by atoms with Crippen molar-refractivity contribution in [2.24, 2.45) is 0 Å². The van der Waals surface area contributed by atoms with Crippen LogP contribution < -0.4 is 4.74 Å². The molecule has 4 heterocycles. The third kappa shape index (κ3) is 4.19. The van der Waals surface area contributed by atoms with Crippen LogP contribution in [-0.2, 0) is 6.42 Å². The highest BCUT2D eigenvalue weighted by Gasteiger charge is 2.19. The van der Waals surface area contributed by atoms with E-state index >= 15 is 0 Å². The fourth-order valence-corrected chi connectivity index (χ4v) is 4.07. The number of aromatic nitrogens is 6. The molecule has 0 aliphatic heterocycles. The third-order valence-corrected chi connectivity index (χ3v) is 5.70. The zero-order valence-corrected chi connectivity index (χ0v) is 19.1. The van der Waals surface area contributed by atoms with Gasteiger partial charge < -0.3 is 15.1 Å². The minimum Gasteiger partial charge on any atom is -0.497 e. The Morgan fingerprint density at radius 2 is 2.03 bits per heavy atom. The van der Waals surface area contributed by atoms with Gasteiger partial charge in [-0.2, -0.15) is 5.10 Å². The van der Waals surface area contributed by atoms with Gasteiger partial charge in [0.2, 0.25) is 0 Å². The molecular formula is C26H22FN7O. The molecule has 0 saturated heterocycles. The maximum absolute atomic E-state index is 14.3. The number of fused-ring (bicyclic) bond motifs is 1. The van der Waals surface area contributed by atoms with Crippen molar-refractivity contribution in [3.05, 3.63) is 83.7 Å². The molecule has 0 fully saturated rings. The van der Waals surface area contributed by atoms with E-state index in [1.54, 1.807) is 30.7 Å². The summed E-state index contributed by atoms with van der Waals surface area (Å²) in [6.45, 7) is 2.03. The molecule has 0 saturated carbocycles. The maximum atomic E-state index is 14.3. The molecule has 0 amide bonds. The Morgan fingerprint density at radius 3 is 2.77 bits per heavy atom. The van der Waals surface area contributed by atoms with Crippen LogP contribution in [0.4, 0.5) is 4.39 Å². The first-order valence-corrected chi connectivity index (χ1v) is 11.0. The molecule has 5 aromatic rings. The van der Waals surface area contributed by atoms with E-state index in [1.807, 2.05) is 25.1 Å². The van der Waals surface area contributed by atoms with E-state index in [-0.39, 0.29) is 0 Å². The minimum atomic E-state index is -0.414. The van der Waals surface area contributed by atoms with E-state index < -0.39 is 5.82 Å². The van der Waals surface area contributed by atoms with Gasteiger partial charge in [0.05, 0.1) is 30.2 Å². The first-order chi connectivity index (χ1) is 17.1. The number of aryl methyl sites for hydroxylation is 1. The summed E-state index contributed by atoms with van der Waals surface area (Å²) in [5.41, 5.74) is 7.32. The molecule has 4 aromatic heterocycles. The van der Waals surface area contributed by atoms with Crippen molar-refractivity contribution in [3.63, 3.8) is 0 Å². The summed E-state index contributed by atoms with van der Waals surface area (Å²) >= 11 is 0. The smallest absolute Gasteiger partial charge is 0.135 e. The van der Waals surface area contributed by atoms with Crippen molar-refractivity contribution in [2.75, 3.05) is 7.11 Å². The summed E-state index contributed by atoms with van der Waals surface area (Å²) in [5.74, 6) is -0.00759. The van der Waals surface area contributed by atoms with Crippen LogP contribution >= 0.6 is 0 Å². The Morgan fingerprint density at radius 1 is 1.14 bits per heavy atom. The summed E-state index contributed by atoms with van der Waals surface area (Å²) in [6, 6.07) is 10.2. The molecule has 0 spiro atoms. The molecule has 0 radical (unpaired) electrons. The van der Waals surface area contributed by atoms with Crippen LogP contribution in [0.1, 0.15) is 23.7 Å². The Bertz CT molecular complexity index is 1550. The number of pyridine rings is 1. The predicted molar refractivity (Wildman–Crippen MR) is 133 cm³/mol. The molecule has 9 heteroatoms. The number of H-pyrrole nitrogens is 2. The van der Waals surface area contributed by atoms with Gasteiger partial charge in [-0.3, -0.25) is 15.1 Å². The topological polar surface area (TPSA) is 116 Å². The minimum absolute atomic E-state index is 0.406. The van der Waals surface area contributed by atoms with E-state index in [4.69, 9.17) is 15.1 Å². The maximum Gasteiger partial charge on any atom is 0.135 e. The van der Waals surface area contributed by atoms with Crippen LogP contribution in [-0.4, -0.2) is 43.5 Å². The van der Waals surface area contributed by atoms with E-state index in [0.717, 1.165) is 22.5 Å². The van der Waals surface area contributed by atoms with Crippen molar-refractivity contribution < 1.29 is 9.13 Å². The largest absolute Gasteiger partial charge is 0.497 e. The SMILES string of the molecule is CCc1[nH]c(-c2n[nH]c3ccc(-c4cnccn4)nc23)cc1/C(=C\C=N)c1cc(F)cc(OC)c1. The fourth-order valence-electron chi connectivity index (χ4n) is 4.07. The third-order valence-electron chi connectivity index (χ3n) is 5.70. The Hall–Kier alpha value is -4.66. The van der Waals surface area contributed by atoms with Crippen molar-refractivity contribution in [3.8, 4) is 28.5 Å². The van der Waals surface area contributed by atoms with Gasteiger partial charge in [0.15, 0.2) is 0 Å². The highest BCUT2D eigenvalue weighted by Crippen LogP contribution is 2.34. The second kappa shape index (κ2) is 9.30. The molecule has 5 rings (SSSR count). The lowest BCUT2D eigenvalue weighted by Crippen LogP contribution is -1.95. The number of halogens is 1. The highest BCUT2D eigenvalue weighted by molar-refractivity contribution is 5.95. The second-order valence-corrected chi connectivity index (χ2v) is 7.81. The molecule has 8 nitrogen and oxygen atoms in total. The molecule has 0 bridgehead atoms. The number of nitrogens with one attached hydrogen (secondary N) is 3. The quantitative estimate of drug-likeness (QED) is 0.285. The molecular weight excluding hydrogens is 445 g/mol. The average Bonchev–Trinajstić information content (AvgIpc) is 3.51. The second-order valence-electron chi connectivity index (χ2n) is 7.81. The van der Waals surface area contributed by atoms with Gasteiger partial charge in [-0.25, -0.2) is 9.37 Å². The predicted octanol–water partition coefficient (Wildman–Crippen LogP) is 5.20. The van der Waals surface area contributed by atoms with Crippen molar-refractivity contribution in [2.45, 2.75) is 13.3 Å². The average molecular weight is 468 g/mol. The number of hydrogen-bond donors (Lipinski definition) is 3. The van der Waals surface area contributed by atoms with Crippen LogP contribution in [0.25, 0.3) is 39.4 Å². The number of hydrogen-bond acceptors (Lipinski definition) is 6. The molecule has 0 aliphatic rings. The van der Waals surface area contributed by atoms with Crippen molar-refractivity contribution in [1.82, 2.24) is 30.1 Å². The monoisotopic (exact) mass is 467 g/mol. The zero-order valence-electron chi connectivity index (χ0n) is 19.1. The fraction of sp³-hybridized carbons (Fsp3) is 0.115. The first-order valence-electron chi connectivity index (χ1n) is 11.0. The molecule has 35 heavy (non-hydrogen) atoms. The van der Waals surface area contributed by atoms with Gasteiger partial charge in [0.1, 0.15) is 28.5 Å². The number of benzene rings is 1. The van der Waals surface area contributed by atoms with Gasteiger partial charge in [0, 0.05) is 35.9 Å². The standard InChI is InChI=1S/C26H22FN7O/c1-3-20-19(18(6-7-28)15-10-16(27)12-17(11-15)35-2)13-23(31-20)26-25-22(33-34-26)5-4-21(32-25)24-14-29-8-9-30-24/h4-14,28,31H,3H2,1-2H3,(H,33,34)/b18-6-,28-7?. The number of nitrogens with zero attached hydrogens (tertiary/aromatic N) is 4. The molecule has 174 valence electrons. The van der Waals surface area contributed by atoms with Crippen molar-refractivity contribution >= 4 is 22.8 Å². The van der Waals surface area contributed by atoms with E-state index in [0.29, 0.717) is 45.9 Å². The molecule has 0 aliphatic carbocycles. The van der Waals surface area contributed by atoms with Crippen LogP contribution in [0.5, 0.6) is 5.75 Å². The lowest BCUT2D eigenvalue weighted by atomic mass is 9.96. The lowest BCUT2D eigenvalue weighted by molar-refractivity contribution is 0.411. The van der Waals surface area contributed by atoms with E-state index in [1.165, 1.54) is 25.5 Å². The van der Waals surface area contributed by atoms with Crippen molar-refractivity contribution in [1.29, 1.82) is 5.41 Å². The summed E-state index contributed by atoms with van der Waals surface area (Å²) in [6.07, 6.45) is 8.44. The highest BCUT2D eigenvalue weighted by atomic mass is 19.1. The summed E-state index contributed by atoms with van der Waals surface area (Å²) in [5, 5.41) is 15.2. The summed E-state index contributed by atoms with van der Waals surface area (Å²) < 4.78 is 19.5. The molecule has 0 atom stereocenters. The zero-order chi connectivity index (χ0) is 24.4. The van der Waals surface area contributed by atoms with Gasteiger partial charge in [-0.05, 0) is 54.0 Å². The normalized spacial score (nSPS) is 11.7. The summed E-state index contributed by atoms with van der Waals surface area (Å²) in [4.78, 5) is 16.7. The van der Waals surface area contributed by atoms with E-state index in [2.05, 4.69) is 25.1 Å². The molecule has 1 aromatic carbocycles. The van der Waals surface area contributed by atoms with Crippen LogP contribution in [0.3, 0.4) is 0 Å². The summed E-state index contributed by atoms with van der Waals surface area (Å²) in [7, 11) is 1.50. The Kier molecular flexibility index (Phi) is 5.88. The van der Waals surface area contributed by atoms with Gasteiger partial charge in [-0.1, -0.05) is 6.92 Å². The Balaban J connectivity index is 1.64. The number of allylic oxidation sites excluding steroid dienone is 1. The Labute approximate surface area is 200 Å². The van der Waals surface area contributed by atoms with Gasteiger partial charge in [0.25, 0.3) is 0 Å². The van der Waals surface area contributed by atoms with E-state index in [9.17, 15) is 4.39 Å². The molecule has 3 N–H and O–H groups in total. The molecule has 0 unspecified atom stereocenters. The van der Waals surface area contributed by atoms with Gasteiger partial charge in [-0.15, -0.1) is 0 Å². The number of methoxy groups -OCH3 is 1. The van der Waals surface area contributed by atoms with Gasteiger partial charge >= 0.3 is 0 Å². The first kappa shape index (κ1) is 22.1. The number of ether oxygens (including phenoxy) is 1. The van der Waals surface area contributed by atoms with Crippen LogP contribution in [0.15, 0.2) is 61.1 Å². The van der Waals surface area contributed by atoms with Crippen LogP contribution in [0.2, 0.25) is 0 Å². The number of aromatic amines is 2. The lowest BCUT2D eigenvalue weighted by Gasteiger charge is -2.10. The van der Waals surface area contributed by atoms with Crippen LogP contribution in [0, 0.1) is 11.2 Å².